The number of β-amino-alcohol motifs (C(OH)–C–C–N with tert-alkyl or cyclic N) is 1. The highest BCUT2D eigenvalue weighted by Crippen LogP contribution is 2.17. The van der Waals surface area contributed by atoms with Crippen molar-refractivity contribution in [2.45, 2.75) is 39.0 Å². The molecule has 1 fully saturated rings. The second-order valence-electron chi connectivity index (χ2n) is 6.61. The first-order valence-corrected chi connectivity index (χ1v) is 8.37. The molecule has 1 amide bonds. The Kier molecular flexibility index (Phi) is 4.97. The molecule has 1 aromatic heterocycles. The molecule has 0 saturated carbocycles. The van der Waals surface area contributed by atoms with Crippen LogP contribution in [0.5, 0.6) is 0 Å². The Morgan fingerprint density at radius 2 is 2.25 bits per heavy atom. The molecule has 1 atom stereocenters. The topological polar surface area (TPSA) is 70.4 Å². The van der Waals surface area contributed by atoms with Crippen LogP contribution < -0.4 is 5.32 Å². The number of rotatable bonds is 5. The van der Waals surface area contributed by atoms with E-state index in [0.29, 0.717) is 12.2 Å². The Morgan fingerprint density at radius 1 is 1.42 bits per heavy atom. The second kappa shape index (κ2) is 7.15. The minimum Gasteiger partial charge on any atom is -0.392 e. The van der Waals surface area contributed by atoms with Crippen LogP contribution in [-0.4, -0.2) is 44.9 Å². The highest BCUT2D eigenvalue weighted by molar-refractivity contribution is 6.02. The molecule has 0 radical (unpaired) electrons. The number of aromatic nitrogens is 2. The van der Waals surface area contributed by atoms with Gasteiger partial charge in [-0.2, -0.15) is 5.10 Å². The predicted octanol–water partition coefficient (Wildman–Crippen LogP) is 2.28. The summed E-state index contributed by atoms with van der Waals surface area (Å²) >= 11 is 0. The van der Waals surface area contributed by atoms with Crippen LogP contribution >= 0.6 is 0 Å². The molecule has 6 heteroatoms. The van der Waals surface area contributed by atoms with Crippen LogP contribution in [0.4, 0.5) is 5.69 Å². The van der Waals surface area contributed by atoms with Crippen LogP contribution in [0.1, 0.15) is 42.4 Å². The number of likely N-dealkylation sites (tertiary alicyclic amines) is 1. The standard InChI is InChI=1S/C18H24N4O2/c1-13(2)22-9-7-17(20-22)18(24)19-15-5-3-4-14(10-15)11-21-8-6-16(23)12-21/h3-5,7,9-10,13,16,23H,6,8,11-12H2,1-2H3,(H,19,24). The molecule has 2 heterocycles. The van der Waals surface area contributed by atoms with Crippen LogP contribution in [0, 0.1) is 0 Å². The monoisotopic (exact) mass is 328 g/mol. The molecule has 3 rings (SSSR count). The van der Waals surface area contributed by atoms with Crippen molar-refractivity contribution in [2.24, 2.45) is 0 Å². The van der Waals surface area contributed by atoms with E-state index >= 15 is 0 Å². The highest BCUT2D eigenvalue weighted by Gasteiger charge is 2.20. The fourth-order valence-electron chi connectivity index (χ4n) is 2.90. The first-order valence-electron chi connectivity index (χ1n) is 8.37. The van der Waals surface area contributed by atoms with Crippen molar-refractivity contribution in [3.63, 3.8) is 0 Å². The van der Waals surface area contributed by atoms with Gasteiger partial charge in [0.25, 0.3) is 5.91 Å². The molecule has 1 aliphatic rings. The lowest BCUT2D eigenvalue weighted by atomic mass is 10.2. The fourth-order valence-corrected chi connectivity index (χ4v) is 2.90. The quantitative estimate of drug-likeness (QED) is 0.883. The van der Waals surface area contributed by atoms with Gasteiger partial charge in [-0.1, -0.05) is 12.1 Å². The van der Waals surface area contributed by atoms with Gasteiger partial charge in [0, 0.05) is 37.6 Å². The van der Waals surface area contributed by atoms with E-state index in [4.69, 9.17) is 0 Å². The summed E-state index contributed by atoms with van der Waals surface area (Å²) in [6.45, 7) is 6.44. The SMILES string of the molecule is CC(C)n1ccc(C(=O)Nc2cccc(CN3CCC(O)C3)c2)n1. The van der Waals surface area contributed by atoms with Crippen molar-refractivity contribution in [1.29, 1.82) is 0 Å². The number of carbonyl (C=O) groups is 1. The number of anilines is 1. The lowest BCUT2D eigenvalue weighted by molar-refractivity contribution is 0.102. The maximum Gasteiger partial charge on any atom is 0.276 e. The summed E-state index contributed by atoms with van der Waals surface area (Å²) in [5.74, 6) is -0.205. The molecule has 1 aliphatic heterocycles. The Labute approximate surface area is 142 Å². The molecule has 1 saturated heterocycles. The van der Waals surface area contributed by atoms with Crippen molar-refractivity contribution < 1.29 is 9.90 Å². The molecule has 24 heavy (non-hydrogen) atoms. The summed E-state index contributed by atoms with van der Waals surface area (Å²) in [5.41, 5.74) is 2.29. The van der Waals surface area contributed by atoms with E-state index in [1.807, 2.05) is 44.3 Å². The fraction of sp³-hybridized carbons (Fsp3) is 0.444. The minimum atomic E-state index is -0.219. The summed E-state index contributed by atoms with van der Waals surface area (Å²) in [7, 11) is 0. The second-order valence-corrected chi connectivity index (χ2v) is 6.61. The smallest absolute Gasteiger partial charge is 0.276 e. The molecular weight excluding hydrogens is 304 g/mol. The van der Waals surface area contributed by atoms with Crippen LogP contribution in [0.15, 0.2) is 36.5 Å². The summed E-state index contributed by atoms with van der Waals surface area (Å²) in [5, 5.41) is 16.8. The maximum atomic E-state index is 12.3. The van der Waals surface area contributed by atoms with Gasteiger partial charge < -0.3 is 10.4 Å². The summed E-state index contributed by atoms with van der Waals surface area (Å²) in [4.78, 5) is 14.5. The molecule has 128 valence electrons. The number of aliphatic hydroxyl groups excluding tert-OH is 1. The van der Waals surface area contributed by atoms with Crippen LogP contribution in [-0.2, 0) is 6.54 Å². The summed E-state index contributed by atoms with van der Waals surface area (Å²) < 4.78 is 1.77. The van der Waals surface area contributed by atoms with E-state index in [2.05, 4.69) is 15.3 Å². The van der Waals surface area contributed by atoms with E-state index in [9.17, 15) is 9.90 Å². The van der Waals surface area contributed by atoms with Crippen LogP contribution in [0.25, 0.3) is 0 Å². The first kappa shape index (κ1) is 16.7. The van der Waals surface area contributed by atoms with Gasteiger partial charge in [-0.05, 0) is 44.0 Å². The number of hydrogen-bond acceptors (Lipinski definition) is 4. The molecule has 2 N–H and O–H groups in total. The van der Waals surface area contributed by atoms with Gasteiger partial charge in [-0.25, -0.2) is 0 Å². The first-order chi connectivity index (χ1) is 11.5. The zero-order valence-electron chi connectivity index (χ0n) is 14.1. The van der Waals surface area contributed by atoms with Crippen molar-refractivity contribution in [3.8, 4) is 0 Å². The number of aliphatic hydroxyl groups is 1. The molecule has 0 aliphatic carbocycles. The van der Waals surface area contributed by atoms with Gasteiger partial charge in [-0.15, -0.1) is 0 Å². The largest absolute Gasteiger partial charge is 0.392 e. The average Bonchev–Trinajstić information content (AvgIpc) is 3.17. The normalized spacial score (nSPS) is 18.2. The molecule has 1 unspecified atom stereocenters. The highest BCUT2D eigenvalue weighted by atomic mass is 16.3. The van der Waals surface area contributed by atoms with Gasteiger partial charge in [0.15, 0.2) is 5.69 Å². The number of benzene rings is 1. The average molecular weight is 328 g/mol. The van der Waals surface area contributed by atoms with Gasteiger partial charge in [0.1, 0.15) is 0 Å². The van der Waals surface area contributed by atoms with Gasteiger partial charge in [-0.3, -0.25) is 14.4 Å². The number of amides is 1. The Morgan fingerprint density at radius 3 is 2.92 bits per heavy atom. The Hall–Kier alpha value is -2.18. The Balaban J connectivity index is 1.64. The third-order valence-corrected chi connectivity index (χ3v) is 4.21. The number of nitrogens with zero attached hydrogens (tertiary/aromatic N) is 3. The van der Waals surface area contributed by atoms with Gasteiger partial charge in [0.05, 0.1) is 6.10 Å². The van der Waals surface area contributed by atoms with E-state index in [1.54, 1.807) is 10.7 Å². The summed E-state index contributed by atoms with van der Waals surface area (Å²) in [6.07, 6.45) is 2.42. The minimum absolute atomic E-state index is 0.205. The maximum absolute atomic E-state index is 12.3. The lowest BCUT2D eigenvalue weighted by Crippen LogP contribution is -2.21. The molecule has 1 aromatic carbocycles. The molecule has 0 spiro atoms. The predicted molar refractivity (Wildman–Crippen MR) is 92.9 cm³/mol. The number of hydrogen-bond donors (Lipinski definition) is 2. The molecule has 0 bridgehead atoms. The zero-order chi connectivity index (χ0) is 17.1. The van der Waals surface area contributed by atoms with Crippen molar-refractivity contribution >= 4 is 11.6 Å². The zero-order valence-corrected chi connectivity index (χ0v) is 14.1. The number of carbonyl (C=O) groups excluding carboxylic acids is 1. The van der Waals surface area contributed by atoms with Crippen molar-refractivity contribution in [1.82, 2.24) is 14.7 Å². The third-order valence-electron chi connectivity index (χ3n) is 4.21. The van der Waals surface area contributed by atoms with Crippen molar-refractivity contribution in [3.05, 3.63) is 47.8 Å². The lowest BCUT2D eigenvalue weighted by Gasteiger charge is -2.15. The third kappa shape index (κ3) is 4.01. The van der Waals surface area contributed by atoms with E-state index in [0.717, 1.165) is 30.8 Å². The molecule has 6 nitrogen and oxygen atoms in total. The van der Waals surface area contributed by atoms with E-state index in [1.165, 1.54) is 0 Å². The number of nitrogens with one attached hydrogen (secondary N) is 1. The van der Waals surface area contributed by atoms with Crippen molar-refractivity contribution in [2.75, 3.05) is 18.4 Å². The van der Waals surface area contributed by atoms with E-state index < -0.39 is 0 Å². The van der Waals surface area contributed by atoms with Gasteiger partial charge >= 0.3 is 0 Å². The Bertz CT molecular complexity index is 711. The van der Waals surface area contributed by atoms with Gasteiger partial charge in [0.2, 0.25) is 0 Å². The summed E-state index contributed by atoms with van der Waals surface area (Å²) in [6, 6.07) is 9.77. The van der Waals surface area contributed by atoms with Crippen LogP contribution in [0.2, 0.25) is 0 Å². The van der Waals surface area contributed by atoms with Crippen LogP contribution in [0.3, 0.4) is 0 Å². The van der Waals surface area contributed by atoms with E-state index in [-0.39, 0.29) is 18.1 Å². The molecular formula is C18H24N4O2. The molecule has 2 aromatic rings.